The smallest absolute Gasteiger partial charge is 0.216 e. The molecule has 0 saturated carbocycles. The Morgan fingerprint density at radius 2 is 2.14 bits per heavy atom. The third-order valence-corrected chi connectivity index (χ3v) is 4.06. The van der Waals surface area contributed by atoms with Crippen LogP contribution in [0.1, 0.15) is 50.9 Å². The molecular weight excluding hydrogens is 264 g/mol. The molecule has 1 aromatic rings. The van der Waals surface area contributed by atoms with E-state index in [1.165, 1.54) is 24.8 Å². The largest absolute Gasteiger partial charge is 0.356 e. The fourth-order valence-electron chi connectivity index (χ4n) is 2.89. The van der Waals surface area contributed by atoms with Crippen molar-refractivity contribution in [2.24, 2.45) is 0 Å². The highest BCUT2D eigenvalue weighted by Gasteiger charge is 2.22. The summed E-state index contributed by atoms with van der Waals surface area (Å²) in [6.07, 6.45) is 9.55. The molecule has 5 nitrogen and oxygen atoms in total. The topological polar surface area (TPSA) is 58.1 Å². The molecule has 1 N–H and O–H groups in total. The van der Waals surface area contributed by atoms with Crippen LogP contribution in [-0.4, -0.2) is 39.9 Å². The third kappa shape index (κ3) is 5.08. The van der Waals surface area contributed by atoms with Crippen LogP contribution in [0.2, 0.25) is 0 Å². The number of piperidine rings is 1. The van der Waals surface area contributed by atoms with Gasteiger partial charge in [0.2, 0.25) is 5.91 Å². The van der Waals surface area contributed by atoms with Gasteiger partial charge in [-0.2, -0.15) is 0 Å². The lowest BCUT2D eigenvalue weighted by atomic mass is 9.99. The second-order valence-corrected chi connectivity index (χ2v) is 5.75. The predicted octanol–water partition coefficient (Wildman–Crippen LogP) is 1.92. The summed E-state index contributed by atoms with van der Waals surface area (Å²) in [7, 11) is 0. The standard InChI is InChI=1S/C16H26N4O/c1-3-16-18-10-14(11-19-16)12-20-9-5-4-6-15(20)7-8-17-13(2)21/h10-11,15H,3-9,12H2,1-2H3,(H,17,21). The maximum absolute atomic E-state index is 11.0. The Kier molecular flexibility index (Phi) is 6.11. The van der Waals surface area contributed by atoms with Gasteiger partial charge in [0, 0.05) is 50.4 Å². The minimum Gasteiger partial charge on any atom is -0.356 e. The molecule has 116 valence electrons. The Morgan fingerprint density at radius 1 is 1.38 bits per heavy atom. The molecule has 1 atom stereocenters. The van der Waals surface area contributed by atoms with E-state index in [4.69, 9.17) is 0 Å². The first-order valence-corrected chi connectivity index (χ1v) is 7.97. The van der Waals surface area contributed by atoms with Crippen LogP contribution in [-0.2, 0) is 17.8 Å². The lowest BCUT2D eigenvalue weighted by Gasteiger charge is -2.35. The van der Waals surface area contributed by atoms with E-state index in [1.54, 1.807) is 6.92 Å². The Labute approximate surface area is 127 Å². The van der Waals surface area contributed by atoms with Gasteiger partial charge in [-0.15, -0.1) is 0 Å². The highest BCUT2D eigenvalue weighted by atomic mass is 16.1. The van der Waals surface area contributed by atoms with E-state index in [0.29, 0.717) is 6.04 Å². The number of hydrogen-bond donors (Lipinski definition) is 1. The summed E-state index contributed by atoms with van der Waals surface area (Å²) in [5.74, 6) is 0.959. The lowest BCUT2D eigenvalue weighted by molar-refractivity contribution is -0.119. The highest BCUT2D eigenvalue weighted by Crippen LogP contribution is 2.21. The summed E-state index contributed by atoms with van der Waals surface area (Å²) < 4.78 is 0. The van der Waals surface area contributed by atoms with Gasteiger partial charge in [-0.3, -0.25) is 9.69 Å². The average Bonchev–Trinajstić information content (AvgIpc) is 2.49. The van der Waals surface area contributed by atoms with E-state index in [2.05, 4.69) is 27.1 Å². The van der Waals surface area contributed by atoms with Gasteiger partial charge in [0.05, 0.1) is 0 Å². The molecule has 0 radical (unpaired) electrons. The van der Waals surface area contributed by atoms with Crippen LogP contribution in [0, 0.1) is 0 Å². The predicted molar refractivity (Wildman–Crippen MR) is 82.8 cm³/mol. The molecular formula is C16H26N4O. The number of nitrogens with zero attached hydrogens (tertiary/aromatic N) is 3. The molecule has 5 heteroatoms. The minimum atomic E-state index is 0.0564. The molecule has 21 heavy (non-hydrogen) atoms. The van der Waals surface area contributed by atoms with Gasteiger partial charge in [-0.05, 0) is 25.8 Å². The summed E-state index contributed by atoms with van der Waals surface area (Å²) >= 11 is 0. The van der Waals surface area contributed by atoms with E-state index in [1.807, 2.05) is 12.4 Å². The zero-order valence-corrected chi connectivity index (χ0v) is 13.1. The Bertz CT molecular complexity index is 446. The van der Waals surface area contributed by atoms with Crippen molar-refractivity contribution in [2.45, 2.75) is 58.5 Å². The van der Waals surface area contributed by atoms with Crippen molar-refractivity contribution in [1.82, 2.24) is 20.2 Å². The van der Waals surface area contributed by atoms with Crippen molar-refractivity contribution in [3.63, 3.8) is 0 Å². The van der Waals surface area contributed by atoms with Gasteiger partial charge in [0.25, 0.3) is 0 Å². The molecule has 2 rings (SSSR count). The molecule has 1 fully saturated rings. The van der Waals surface area contributed by atoms with E-state index < -0.39 is 0 Å². The number of likely N-dealkylation sites (tertiary alicyclic amines) is 1. The molecule has 1 aliphatic heterocycles. The van der Waals surface area contributed by atoms with E-state index in [0.717, 1.165) is 38.3 Å². The SMILES string of the molecule is CCc1ncc(CN2CCCCC2CCNC(C)=O)cn1. The van der Waals surface area contributed by atoms with Crippen LogP contribution >= 0.6 is 0 Å². The summed E-state index contributed by atoms with van der Waals surface area (Å²) in [4.78, 5) is 22.2. The monoisotopic (exact) mass is 290 g/mol. The maximum Gasteiger partial charge on any atom is 0.216 e. The third-order valence-electron chi connectivity index (χ3n) is 4.06. The van der Waals surface area contributed by atoms with Crippen molar-refractivity contribution in [2.75, 3.05) is 13.1 Å². The van der Waals surface area contributed by atoms with Crippen LogP contribution < -0.4 is 5.32 Å². The average molecular weight is 290 g/mol. The second-order valence-electron chi connectivity index (χ2n) is 5.75. The van der Waals surface area contributed by atoms with Crippen LogP contribution in [0.25, 0.3) is 0 Å². The summed E-state index contributed by atoms with van der Waals surface area (Å²) in [5.41, 5.74) is 1.18. The van der Waals surface area contributed by atoms with E-state index >= 15 is 0 Å². The quantitative estimate of drug-likeness (QED) is 0.869. The molecule has 1 aromatic heterocycles. The van der Waals surface area contributed by atoms with Gasteiger partial charge in [-0.25, -0.2) is 9.97 Å². The molecule has 0 aliphatic carbocycles. The molecule has 1 unspecified atom stereocenters. The first-order chi connectivity index (χ1) is 10.2. The fourth-order valence-corrected chi connectivity index (χ4v) is 2.89. The summed E-state index contributed by atoms with van der Waals surface area (Å²) in [6.45, 7) is 6.44. The van der Waals surface area contributed by atoms with Crippen LogP contribution in [0.15, 0.2) is 12.4 Å². The van der Waals surface area contributed by atoms with Gasteiger partial charge < -0.3 is 5.32 Å². The Morgan fingerprint density at radius 3 is 2.81 bits per heavy atom. The fraction of sp³-hybridized carbons (Fsp3) is 0.688. The van der Waals surface area contributed by atoms with Crippen molar-refractivity contribution >= 4 is 5.91 Å². The number of aromatic nitrogens is 2. The Balaban J connectivity index is 1.89. The van der Waals surface area contributed by atoms with E-state index in [9.17, 15) is 4.79 Å². The normalized spacial score (nSPS) is 19.4. The molecule has 0 spiro atoms. The number of amides is 1. The van der Waals surface area contributed by atoms with Crippen molar-refractivity contribution < 1.29 is 4.79 Å². The number of carbonyl (C=O) groups excluding carboxylic acids is 1. The van der Waals surface area contributed by atoms with Crippen LogP contribution in [0.3, 0.4) is 0 Å². The number of carbonyl (C=O) groups is 1. The number of hydrogen-bond acceptors (Lipinski definition) is 4. The van der Waals surface area contributed by atoms with Crippen molar-refractivity contribution in [3.8, 4) is 0 Å². The van der Waals surface area contributed by atoms with Gasteiger partial charge in [0.1, 0.15) is 5.82 Å². The molecule has 1 saturated heterocycles. The van der Waals surface area contributed by atoms with Gasteiger partial charge in [-0.1, -0.05) is 13.3 Å². The summed E-state index contributed by atoms with van der Waals surface area (Å²) in [5, 5.41) is 2.90. The maximum atomic E-state index is 11.0. The van der Waals surface area contributed by atoms with Crippen molar-refractivity contribution in [1.29, 1.82) is 0 Å². The molecule has 0 bridgehead atoms. The molecule has 0 aromatic carbocycles. The van der Waals surface area contributed by atoms with Crippen LogP contribution in [0.5, 0.6) is 0 Å². The minimum absolute atomic E-state index is 0.0564. The zero-order chi connectivity index (χ0) is 15.1. The van der Waals surface area contributed by atoms with Gasteiger partial charge in [0.15, 0.2) is 0 Å². The van der Waals surface area contributed by atoms with Crippen molar-refractivity contribution in [3.05, 3.63) is 23.8 Å². The molecule has 1 aliphatic rings. The second kappa shape index (κ2) is 8.08. The van der Waals surface area contributed by atoms with Crippen LogP contribution in [0.4, 0.5) is 0 Å². The lowest BCUT2D eigenvalue weighted by Crippen LogP contribution is -2.41. The molecule has 2 heterocycles. The number of aryl methyl sites for hydroxylation is 1. The molecule has 1 amide bonds. The number of nitrogens with one attached hydrogen (secondary N) is 1. The first kappa shape index (κ1) is 15.9. The van der Waals surface area contributed by atoms with Gasteiger partial charge >= 0.3 is 0 Å². The Hall–Kier alpha value is -1.49. The first-order valence-electron chi connectivity index (χ1n) is 7.97. The zero-order valence-electron chi connectivity index (χ0n) is 13.1. The van der Waals surface area contributed by atoms with E-state index in [-0.39, 0.29) is 5.91 Å². The summed E-state index contributed by atoms with van der Waals surface area (Å²) in [6, 6.07) is 0.552. The number of rotatable bonds is 6. The highest BCUT2D eigenvalue weighted by molar-refractivity contribution is 5.72.